The quantitative estimate of drug-likeness (QED) is 0.842. The minimum absolute atomic E-state index is 0.726. The van der Waals surface area contributed by atoms with Gasteiger partial charge < -0.3 is 10.1 Å². The number of rotatable bonds is 4. The third-order valence-corrected chi connectivity index (χ3v) is 4.09. The normalized spacial score (nSPS) is 10.3. The molecule has 2 rings (SSSR count). The van der Waals surface area contributed by atoms with Crippen LogP contribution in [-0.2, 0) is 6.54 Å². The van der Waals surface area contributed by atoms with E-state index in [2.05, 4.69) is 27.3 Å². The van der Waals surface area contributed by atoms with Gasteiger partial charge in [0.05, 0.1) is 12.1 Å². The number of halogens is 2. The molecule has 0 aliphatic heterocycles. The van der Waals surface area contributed by atoms with Crippen LogP contribution in [0.3, 0.4) is 0 Å². The van der Waals surface area contributed by atoms with Gasteiger partial charge in [-0.15, -0.1) is 0 Å². The maximum Gasteiger partial charge on any atom is 0.121 e. The largest absolute Gasteiger partial charge is 0.496 e. The van der Waals surface area contributed by atoms with Crippen molar-refractivity contribution < 1.29 is 4.74 Å². The summed E-state index contributed by atoms with van der Waals surface area (Å²) in [6, 6.07) is 12.0. The van der Waals surface area contributed by atoms with Crippen LogP contribution in [0.5, 0.6) is 5.75 Å². The molecule has 100 valence electrons. The SMILES string of the molecule is COc1ccc(NCc2ccc(Cl)c(Br)c2)cc1C. The van der Waals surface area contributed by atoms with Gasteiger partial charge >= 0.3 is 0 Å². The average Bonchev–Trinajstić information content (AvgIpc) is 2.40. The van der Waals surface area contributed by atoms with E-state index in [1.54, 1.807) is 7.11 Å². The Morgan fingerprint density at radius 1 is 1.21 bits per heavy atom. The van der Waals surface area contributed by atoms with Gasteiger partial charge in [-0.05, 0) is 64.3 Å². The molecule has 1 N–H and O–H groups in total. The van der Waals surface area contributed by atoms with Crippen molar-refractivity contribution in [3.63, 3.8) is 0 Å². The molecule has 0 aliphatic rings. The first-order valence-electron chi connectivity index (χ1n) is 5.92. The van der Waals surface area contributed by atoms with Crippen molar-refractivity contribution in [2.45, 2.75) is 13.5 Å². The van der Waals surface area contributed by atoms with Gasteiger partial charge in [-0.1, -0.05) is 17.7 Å². The lowest BCUT2D eigenvalue weighted by atomic mass is 10.2. The fraction of sp³-hybridized carbons (Fsp3) is 0.200. The van der Waals surface area contributed by atoms with Crippen LogP contribution in [0.25, 0.3) is 0 Å². The second kappa shape index (κ2) is 6.31. The van der Waals surface area contributed by atoms with Gasteiger partial charge in [0.1, 0.15) is 5.75 Å². The summed E-state index contributed by atoms with van der Waals surface area (Å²) in [5, 5.41) is 4.11. The predicted octanol–water partition coefficient (Wildman–Crippen LogP) is 5.03. The minimum atomic E-state index is 0.726. The molecule has 0 radical (unpaired) electrons. The van der Waals surface area contributed by atoms with Gasteiger partial charge in [-0.3, -0.25) is 0 Å². The van der Waals surface area contributed by atoms with Crippen LogP contribution in [0.15, 0.2) is 40.9 Å². The topological polar surface area (TPSA) is 21.3 Å². The van der Waals surface area contributed by atoms with E-state index in [9.17, 15) is 0 Å². The van der Waals surface area contributed by atoms with Gasteiger partial charge in [0.2, 0.25) is 0 Å². The molecule has 0 aromatic heterocycles. The Morgan fingerprint density at radius 3 is 2.63 bits per heavy atom. The fourth-order valence-corrected chi connectivity index (χ4v) is 2.39. The summed E-state index contributed by atoms with van der Waals surface area (Å²) in [5.41, 5.74) is 3.36. The van der Waals surface area contributed by atoms with Crippen molar-refractivity contribution >= 4 is 33.2 Å². The van der Waals surface area contributed by atoms with Gasteiger partial charge in [0.15, 0.2) is 0 Å². The molecule has 0 atom stereocenters. The van der Waals surface area contributed by atoms with Crippen molar-refractivity contribution in [3.8, 4) is 5.75 Å². The molecule has 2 aromatic rings. The first-order chi connectivity index (χ1) is 9.10. The Hall–Kier alpha value is -1.19. The van der Waals surface area contributed by atoms with E-state index in [0.717, 1.165) is 33.0 Å². The summed E-state index contributed by atoms with van der Waals surface area (Å²) in [5.74, 6) is 0.903. The first kappa shape index (κ1) is 14.2. The molecule has 0 unspecified atom stereocenters. The van der Waals surface area contributed by atoms with Crippen LogP contribution in [-0.4, -0.2) is 7.11 Å². The van der Waals surface area contributed by atoms with Crippen molar-refractivity contribution in [2.75, 3.05) is 12.4 Å². The number of anilines is 1. The van der Waals surface area contributed by atoms with Crippen LogP contribution in [0.4, 0.5) is 5.69 Å². The lowest BCUT2D eigenvalue weighted by Gasteiger charge is -2.10. The number of ether oxygens (including phenoxy) is 1. The molecule has 4 heteroatoms. The zero-order valence-electron chi connectivity index (χ0n) is 10.8. The zero-order chi connectivity index (χ0) is 13.8. The minimum Gasteiger partial charge on any atom is -0.496 e. The monoisotopic (exact) mass is 339 g/mol. The molecular weight excluding hydrogens is 326 g/mol. The zero-order valence-corrected chi connectivity index (χ0v) is 13.2. The molecule has 2 aromatic carbocycles. The van der Waals surface area contributed by atoms with Crippen LogP contribution in [0.1, 0.15) is 11.1 Å². The molecule has 0 bridgehead atoms. The number of benzene rings is 2. The fourth-order valence-electron chi connectivity index (χ4n) is 1.84. The second-order valence-corrected chi connectivity index (χ2v) is 5.55. The highest BCUT2D eigenvalue weighted by Crippen LogP contribution is 2.25. The summed E-state index contributed by atoms with van der Waals surface area (Å²) in [7, 11) is 1.68. The van der Waals surface area contributed by atoms with Crippen molar-refractivity contribution in [3.05, 3.63) is 57.0 Å². The number of hydrogen-bond acceptors (Lipinski definition) is 2. The number of aryl methyl sites for hydroxylation is 1. The third-order valence-electron chi connectivity index (χ3n) is 2.88. The average molecular weight is 341 g/mol. The second-order valence-electron chi connectivity index (χ2n) is 4.29. The molecule has 0 spiro atoms. The Labute approximate surface area is 126 Å². The van der Waals surface area contributed by atoms with E-state index < -0.39 is 0 Å². The smallest absolute Gasteiger partial charge is 0.121 e. The summed E-state index contributed by atoms with van der Waals surface area (Å²) in [6.07, 6.45) is 0. The first-order valence-corrected chi connectivity index (χ1v) is 7.09. The Balaban J connectivity index is 2.05. The lowest BCUT2D eigenvalue weighted by Crippen LogP contribution is -2.00. The van der Waals surface area contributed by atoms with Crippen molar-refractivity contribution in [1.29, 1.82) is 0 Å². The molecular formula is C15H15BrClNO. The maximum absolute atomic E-state index is 5.97. The van der Waals surface area contributed by atoms with Crippen LogP contribution < -0.4 is 10.1 Å². The summed E-state index contributed by atoms with van der Waals surface area (Å²) in [6.45, 7) is 2.78. The highest BCUT2D eigenvalue weighted by Gasteiger charge is 2.01. The number of hydrogen-bond donors (Lipinski definition) is 1. The molecule has 2 nitrogen and oxygen atoms in total. The van der Waals surface area contributed by atoms with Crippen LogP contribution in [0.2, 0.25) is 5.02 Å². The van der Waals surface area contributed by atoms with Gasteiger partial charge in [0.25, 0.3) is 0 Å². The molecule has 0 aliphatic carbocycles. The third kappa shape index (κ3) is 3.64. The Kier molecular flexibility index (Phi) is 4.72. The van der Waals surface area contributed by atoms with Crippen LogP contribution in [0, 0.1) is 6.92 Å². The highest BCUT2D eigenvalue weighted by molar-refractivity contribution is 9.10. The van der Waals surface area contributed by atoms with E-state index in [-0.39, 0.29) is 0 Å². The predicted molar refractivity (Wildman–Crippen MR) is 84.2 cm³/mol. The van der Waals surface area contributed by atoms with Gasteiger partial charge in [-0.2, -0.15) is 0 Å². The standard InChI is InChI=1S/C15H15BrClNO/c1-10-7-12(4-6-15(10)19-2)18-9-11-3-5-14(17)13(16)8-11/h3-8,18H,9H2,1-2H3. The van der Waals surface area contributed by atoms with Crippen molar-refractivity contribution in [1.82, 2.24) is 0 Å². The summed E-state index contributed by atoms with van der Waals surface area (Å²) >= 11 is 9.40. The lowest BCUT2D eigenvalue weighted by molar-refractivity contribution is 0.412. The Bertz CT molecular complexity index is 586. The summed E-state index contributed by atoms with van der Waals surface area (Å²) < 4.78 is 6.16. The molecule has 0 heterocycles. The van der Waals surface area contributed by atoms with E-state index in [0.29, 0.717) is 0 Å². The summed E-state index contributed by atoms with van der Waals surface area (Å²) in [4.78, 5) is 0. The highest BCUT2D eigenvalue weighted by atomic mass is 79.9. The Morgan fingerprint density at radius 2 is 2.00 bits per heavy atom. The van der Waals surface area contributed by atoms with E-state index in [1.807, 2.05) is 37.3 Å². The molecule has 0 saturated carbocycles. The maximum atomic E-state index is 5.97. The van der Waals surface area contributed by atoms with Crippen molar-refractivity contribution in [2.24, 2.45) is 0 Å². The van der Waals surface area contributed by atoms with Gasteiger partial charge in [0, 0.05) is 16.7 Å². The van der Waals surface area contributed by atoms with Gasteiger partial charge in [-0.25, -0.2) is 0 Å². The molecule has 0 amide bonds. The van der Waals surface area contributed by atoms with Crippen LogP contribution >= 0.6 is 27.5 Å². The number of nitrogens with one attached hydrogen (secondary N) is 1. The molecule has 0 fully saturated rings. The number of methoxy groups -OCH3 is 1. The molecule has 0 saturated heterocycles. The van der Waals surface area contributed by atoms with E-state index in [1.165, 1.54) is 5.56 Å². The van der Waals surface area contributed by atoms with E-state index in [4.69, 9.17) is 16.3 Å². The van der Waals surface area contributed by atoms with E-state index >= 15 is 0 Å². The molecule has 19 heavy (non-hydrogen) atoms.